The van der Waals surface area contributed by atoms with Crippen LogP contribution in [0.25, 0.3) is 11.3 Å². The number of carbonyl (C=O) groups is 1. The number of nitrogens with one attached hydrogen (secondary N) is 1. The van der Waals surface area contributed by atoms with Crippen LogP contribution < -0.4 is 5.32 Å². The molecule has 0 aliphatic rings. The fourth-order valence-electron chi connectivity index (χ4n) is 2.35. The Kier molecular flexibility index (Phi) is 4.56. The van der Waals surface area contributed by atoms with Crippen LogP contribution in [-0.4, -0.2) is 22.7 Å². The summed E-state index contributed by atoms with van der Waals surface area (Å²) in [6.45, 7) is 4.10. The summed E-state index contributed by atoms with van der Waals surface area (Å²) in [5, 5.41) is 7.34. The van der Waals surface area contributed by atoms with Crippen molar-refractivity contribution in [2.45, 2.75) is 32.7 Å². The maximum atomic E-state index is 12.0. The van der Waals surface area contributed by atoms with E-state index >= 15 is 0 Å². The Morgan fingerprint density at radius 2 is 2.05 bits per heavy atom. The number of nitrogens with zero attached hydrogens (tertiary/aromatic N) is 2. The molecular weight excluding hydrogens is 250 g/mol. The molecule has 0 aliphatic heterocycles. The van der Waals surface area contributed by atoms with Gasteiger partial charge < -0.3 is 5.32 Å². The van der Waals surface area contributed by atoms with Crippen molar-refractivity contribution in [3.8, 4) is 11.3 Å². The average molecular weight is 271 g/mol. The van der Waals surface area contributed by atoms with Gasteiger partial charge in [-0.05, 0) is 18.9 Å². The normalized spacial score (nSPS) is 12.2. The number of aryl methyl sites for hydroxylation is 1. The van der Waals surface area contributed by atoms with Crippen molar-refractivity contribution in [3.63, 3.8) is 0 Å². The second kappa shape index (κ2) is 6.37. The molecule has 0 saturated heterocycles. The van der Waals surface area contributed by atoms with Crippen LogP contribution in [0.3, 0.4) is 0 Å². The highest BCUT2D eigenvalue weighted by Gasteiger charge is 2.20. The van der Waals surface area contributed by atoms with E-state index < -0.39 is 0 Å². The molecule has 1 aromatic heterocycles. The minimum absolute atomic E-state index is 0.00830. The van der Waals surface area contributed by atoms with Crippen molar-refractivity contribution in [1.29, 1.82) is 0 Å². The first-order chi connectivity index (χ1) is 9.67. The topological polar surface area (TPSA) is 46.9 Å². The third-order valence-electron chi connectivity index (χ3n) is 3.39. The first-order valence-electron chi connectivity index (χ1n) is 7.00. The Morgan fingerprint density at radius 1 is 1.35 bits per heavy atom. The molecule has 2 rings (SSSR count). The molecule has 1 aromatic carbocycles. The first kappa shape index (κ1) is 14.3. The van der Waals surface area contributed by atoms with Crippen molar-refractivity contribution in [3.05, 3.63) is 42.1 Å². The lowest BCUT2D eigenvalue weighted by Gasteiger charge is -2.14. The SMILES string of the molecule is CCCC(C(=O)NC)n1cc(C)c(-c2ccccc2)n1. The monoisotopic (exact) mass is 271 g/mol. The molecule has 0 fully saturated rings. The molecule has 1 heterocycles. The number of amides is 1. The van der Waals surface area contributed by atoms with Crippen molar-refractivity contribution >= 4 is 5.91 Å². The Balaban J connectivity index is 2.37. The minimum Gasteiger partial charge on any atom is -0.357 e. The number of rotatable bonds is 5. The van der Waals surface area contributed by atoms with E-state index in [9.17, 15) is 4.79 Å². The second-order valence-corrected chi connectivity index (χ2v) is 4.93. The van der Waals surface area contributed by atoms with Crippen molar-refractivity contribution in [2.24, 2.45) is 0 Å². The van der Waals surface area contributed by atoms with E-state index in [1.807, 2.05) is 43.5 Å². The van der Waals surface area contributed by atoms with Crippen LogP contribution in [0.15, 0.2) is 36.5 Å². The summed E-state index contributed by atoms with van der Waals surface area (Å²) in [6, 6.07) is 9.82. The Hall–Kier alpha value is -2.10. The molecule has 1 N–H and O–H groups in total. The van der Waals surface area contributed by atoms with E-state index in [4.69, 9.17) is 0 Å². The standard InChI is InChI=1S/C16H21N3O/c1-4-8-14(16(20)17-3)19-11-12(2)15(18-19)13-9-6-5-7-10-13/h5-7,9-11,14H,4,8H2,1-3H3,(H,17,20). The van der Waals surface area contributed by atoms with Crippen molar-refractivity contribution in [1.82, 2.24) is 15.1 Å². The van der Waals surface area contributed by atoms with Crippen molar-refractivity contribution in [2.75, 3.05) is 7.05 Å². The maximum Gasteiger partial charge on any atom is 0.244 e. The zero-order valence-electron chi connectivity index (χ0n) is 12.3. The zero-order chi connectivity index (χ0) is 14.5. The van der Waals surface area contributed by atoms with E-state index in [-0.39, 0.29) is 11.9 Å². The molecule has 0 saturated carbocycles. The molecule has 0 radical (unpaired) electrons. The molecule has 0 aliphatic carbocycles. The van der Waals surface area contributed by atoms with Crippen LogP contribution in [0.2, 0.25) is 0 Å². The molecule has 1 atom stereocenters. The first-order valence-corrected chi connectivity index (χ1v) is 7.00. The number of hydrogen-bond acceptors (Lipinski definition) is 2. The Bertz CT molecular complexity index is 575. The highest BCUT2D eigenvalue weighted by Crippen LogP contribution is 2.24. The third-order valence-corrected chi connectivity index (χ3v) is 3.39. The quantitative estimate of drug-likeness (QED) is 0.908. The molecule has 4 nitrogen and oxygen atoms in total. The van der Waals surface area contributed by atoms with Crippen LogP contribution in [0, 0.1) is 6.92 Å². The van der Waals surface area contributed by atoms with E-state index in [0.29, 0.717) is 0 Å². The predicted molar refractivity (Wildman–Crippen MR) is 80.4 cm³/mol. The molecule has 1 unspecified atom stereocenters. The lowest BCUT2D eigenvalue weighted by atomic mass is 10.1. The van der Waals surface area contributed by atoms with Gasteiger partial charge in [-0.2, -0.15) is 5.10 Å². The van der Waals surface area contributed by atoms with Gasteiger partial charge in [-0.25, -0.2) is 0 Å². The van der Waals surface area contributed by atoms with Gasteiger partial charge in [0.05, 0.1) is 5.69 Å². The largest absolute Gasteiger partial charge is 0.357 e. The molecule has 106 valence electrons. The van der Waals surface area contributed by atoms with E-state index in [1.165, 1.54) is 0 Å². The second-order valence-electron chi connectivity index (χ2n) is 4.93. The Morgan fingerprint density at radius 3 is 2.65 bits per heavy atom. The summed E-state index contributed by atoms with van der Waals surface area (Å²) in [4.78, 5) is 12.0. The Labute approximate surface area is 119 Å². The van der Waals surface area contributed by atoms with Gasteiger partial charge in [0.1, 0.15) is 6.04 Å². The lowest BCUT2D eigenvalue weighted by Crippen LogP contribution is -2.30. The highest BCUT2D eigenvalue weighted by molar-refractivity contribution is 5.80. The van der Waals surface area contributed by atoms with E-state index in [0.717, 1.165) is 29.7 Å². The van der Waals surface area contributed by atoms with E-state index in [1.54, 1.807) is 11.7 Å². The molecule has 4 heteroatoms. The molecule has 0 bridgehead atoms. The molecule has 1 amide bonds. The van der Waals surface area contributed by atoms with Crippen molar-refractivity contribution < 1.29 is 4.79 Å². The predicted octanol–water partition coefficient (Wildman–Crippen LogP) is 2.95. The van der Waals surface area contributed by atoms with Gasteiger partial charge in [0.2, 0.25) is 5.91 Å². The molecular formula is C16H21N3O. The molecule has 2 aromatic rings. The van der Waals surface area contributed by atoms with Crippen LogP contribution in [-0.2, 0) is 4.79 Å². The maximum absolute atomic E-state index is 12.0. The number of hydrogen-bond donors (Lipinski definition) is 1. The summed E-state index contributed by atoms with van der Waals surface area (Å²) >= 11 is 0. The van der Waals surface area contributed by atoms with Crippen LogP contribution in [0.1, 0.15) is 31.4 Å². The fraction of sp³-hybridized carbons (Fsp3) is 0.375. The number of likely N-dealkylation sites (N-methyl/N-ethyl adjacent to an activating group) is 1. The number of aromatic nitrogens is 2. The van der Waals surface area contributed by atoms with E-state index in [2.05, 4.69) is 17.3 Å². The van der Waals surface area contributed by atoms with Gasteiger partial charge in [-0.15, -0.1) is 0 Å². The number of carbonyl (C=O) groups excluding carboxylic acids is 1. The summed E-state index contributed by atoms with van der Waals surface area (Å²) in [6.07, 6.45) is 3.69. The van der Waals surface area contributed by atoms with Gasteiger partial charge >= 0.3 is 0 Å². The average Bonchev–Trinajstić information content (AvgIpc) is 2.86. The summed E-state index contributed by atoms with van der Waals surface area (Å²) < 4.78 is 1.79. The third kappa shape index (κ3) is 2.90. The molecule has 0 spiro atoms. The summed E-state index contributed by atoms with van der Waals surface area (Å²) in [5.41, 5.74) is 3.10. The van der Waals surface area contributed by atoms with Gasteiger partial charge in [-0.3, -0.25) is 9.48 Å². The summed E-state index contributed by atoms with van der Waals surface area (Å²) in [5.74, 6) is 0.00830. The lowest BCUT2D eigenvalue weighted by molar-refractivity contribution is -0.124. The van der Waals surface area contributed by atoms with Crippen LogP contribution in [0.4, 0.5) is 0 Å². The smallest absolute Gasteiger partial charge is 0.244 e. The van der Waals surface area contributed by atoms with Gasteiger partial charge in [0.25, 0.3) is 0 Å². The highest BCUT2D eigenvalue weighted by atomic mass is 16.2. The number of benzene rings is 1. The van der Waals surface area contributed by atoms with Crippen LogP contribution in [0.5, 0.6) is 0 Å². The van der Waals surface area contributed by atoms with Gasteiger partial charge in [0, 0.05) is 18.8 Å². The van der Waals surface area contributed by atoms with Crippen LogP contribution >= 0.6 is 0 Å². The fourth-order valence-corrected chi connectivity index (χ4v) is 2.35. The summed E-state index contributed by atoms with van der Waals surface area (Å²) in [7, 11) is 1.67. The minimum atomic E-state index is -0.235. The van der Waals surface area contributed by atoms with Gasteiger partial charge in [-0.1, -0.05) is 43.7 Å². The van der Waals surface area contributed by atoms with Gasteiger partial charge in [0.15, 0.2) is 0 Å². The molecule has 20 heavy (non-hydrogen) atoms. The zero-order valence-corrected chi connectivity index (χ0v) is 12.3.